The number of nitrogens with zero attached hydrogens (tertiary/aromatic N) is 1. The highest BCUT2D eigenvalue weighted by Gasteiger charge is 2.31. The fraction of sp³-hybridized carbons (Fsp3) is 0.333. The Labute approximate surface area is 133 Å². The van der Waals surface area contributed by atoms with Gasteiger partial charge in [-0.3, -0.25) is 4.79 Å². The molecule has 0 saturated carbocycles. The van der Waals surface area contributed by atoms with Crippen molar-refractivity contribution in [3.8, 4) is 0 Å². The number of thiocarbonyl (C=S) groups is 1. The van der Waals surface area contributed by atoms with E-state index in [-0.39, 0.29) is 11.9 Å². The van der Waals surface area contributed by atoms with Gasteiger partial charge in [0.15, 0.2) is 0 Å². The summed E-state index contributed by atoms with van der Waals surface area (Å²) >= 11 is 10.6. The molecule has 1 unspecified atom stereocenters. The van der Waals surface area contributed by atoms with Crippen molar-refractivity contribution in [2.45, 2.75) is 18.9 Å². The normalized spacial score (nSPS) is 19.0. The zero-order valence-electron chi connectivity index (χ0n) is 9.53. The molecule has 1 aliphatic heterocycles. The van der Waals surface area contributed by atoms with Gasteiger partial charge >= 0.3 is 0 Å². The molecule has 1 aromatic carbocycles. The second kappa shape index (κ2) is 5.83. The van der Waals surface area contributed by atoms with Crippen molar-refractivity contribution in [1.29, 1.82) is 0 Å². The zero-order chi connectivity index (χ0) is 13.3. The highest BCUT2D eigenvalue weighted by molar-refractivity contribution is 14.1. The summed E-state index contributed by atoms with van der Waals surface area (Å²) in [5.74, 6) is -0.00399. The lowest BCUT2D eigenvalue weighted by Crippen LogP contribution is -2.42. The van der Waals surface area contributed by atoms with E-state index < -0.39 is 0 Å². The molecule has 3 nitrogen and oxygen atoms in total. The SMILES string of the molecule is NC(=S)C1CCCN1C(=O)c1cc(I)ccc1Br. The highest BCUT2D eigenvalue weighted by atomic mass is 127. The summed E-state index contributed by atoms with van der Waals surface area (Å²) in [6.07, 6.45) is 1.82. The number of hydrogen-bond donors (Lipinski definition) is 1. The third-order valence-electron chi connectivity index (χ3n) is 3.00. The molecule has 1 fully saturated rings. The molecule has 0 spiro atoms. The predicted octanol–water partition coefficient (Wildman–Crippen LogP) is 2.94. The first-order chi connectivity index (χ1) is 8.50. The summed E-state index contributed by atoms with van der Waals surface area (Å²) in [6, 6.07) is 5.62. The van der Waals surface area contributed by atoms with Crippen molar-refractivity contribution in [3.05, 3.63) is 31.8 Å². The molecule has 1 heterocycles. The predicted molar refractivity (Wildman–Crippen MR) is 87.7 cm³/mol. The fourth-order valence-electron chi connectivity index (χ4n) is 2.12. The van der Waals surface area contributed by atoms with Crippen LogP contribution in [0.5, 0.6) is 0 Å². The van der Waals surface area contributed by atoms with E-state index in [1.165, 1.54) is 0 Å². The molecule has 1 aliphatic rings. The van der Waals surface area contributed by atoms with Crippen LogP contribution in [-0.4, -0.2) is 28.4 Å². The average molecular weight is 439 g/mol. The van der Waals surface area contributed by atoms with Gasteiger partial charge in [0, 0.05) is 14.6 Å². The van der Waals surface area contributed by atoms with Crippen LogP contribution >= 0.6 is 50.7 Å². The minimum atomic E-state index is -0.0998. The van der Waals surface area contributed by atoms with E-state index in [1.54, 1.807) is 4.90 Å². The molecule has 96 valence electrons. The minimum Gasteiger partial charge on any atom is -0.392 e. The van der Waals surface area contributed by atoms with E-state index in [1.807, 2.05) is 18.2 Å². The van der Waals surface area contributed by atoms with Crippen LogP contribution in [0.1, 0.15) is 23.2 Å². The van der Waals surface area contributed by atoms with Crippen LogP contribution in [0, 0.1) is 3.57 Å². The summed E-state index contributed by atoms with van der Waals surface area (Å²) in [5, 5.41) is 0. The molecule has 18 heavy (non-hydrogen) atoms. The van der Waals surface area contributed by atoms with Crippen molar-refractivity contribution >= 4 is 61.6 Å². The van der Waals surface area contributed by atoms with Crippen LogP contribution in [0.3, 0.4) is 0 Å². The van der Waals surface area contributed by atoms with Gasteiger partial charge in [0.25, 0.3) is 5.91 Å². The van der Waals surface area contributed by atoms with Gasteiger partial charge in [-0.1, -0.05) is 12.2 Å². The maximum absolute atomic E-state index is 12.5. The highest BCUT2D eigenvalue weighted by Crippen LogP contribution is 2.25. The van der Waals surface area contributed by atoms with Crippen molar-refractivity contribution in [2.75, 3.05) is 6.54 Å². The first-order valence-electron chi connectivity index (χ1n) is 5.56. The summed E-state index contributed by atoms with van der Waals surface area (Å²) in [6.45, 7) is 0.721. The number of likely N-dealkylation sites (tertiary alicyclic amines) is 1. The van der Waals surface area contributed by atoms with Crippen molar-refractivity contribution in [3.63, 3.8) is 0 Å². The Hall–Kier alpha value is -0.210. The van der Waals surface area contributed by atoms with Crippen molar-refractivity contribution in [1.82, 2.24) is 4.90 Å². The number of hydrogen-bond acceptors (Lipinski definition) is 2. The molecule has 0 radical (unpaired) electrons. The lowest BCUT2D eigenvalue weighted by atomic mass is 10.1. The largest absolute Gasteiger partial charge is 0.392 e. The molecule has 6 heteroatoms. The van der Waals surface area contributed by atoms with Gasteiger partial charge in [-0.25, -0.2) is 0 Å². The average Bonchev–Trinajstić information content (AvgIpc) is 2.80. The van der Waals surface area contributed by atoms with Crippen LogP contribution in [0.25, 0.3) is 0 Å². The smallest absolute Gasteiger partial charge is 0.255 e. The Morgan fingerprint density at radius 3 is 2.94 bits per heavy atom. The molecule has 0 aromatic heterocycles. The summed E-state index contributed by atoms with van der Waals surface area (Å²) < 4.78 is 1.84. The Kier molecular flexibility index (Phi) is 4.60. The fourth-order valence-corrected chi connectivity index (χ4v) is 3.27. The topological polar surface area (TPSA) is 46.3 Å². The Morgan fingerprint density at radius 2 is 2.28 bits per heavy atom. The van der Waals surface area contributed by atoms with E-state index >= 15 is 0 Å². The van der Waals surface area contributed by atoms with Crippen LogP contribution < -0.4 is 5.73 Å². The molecule has 1 aromatic rings. The van der Waals surface area contributed by atoms with Gasteiger partial charge in [0.2, 0.25) is 0 Å². The lowest BCUT2D eigenvalue weighted by molar-refractivity contribution is 0.0769. The van der Waals surface area contributed by atoms with E-state index in [9.17, 15) is 4.79 Å². The first kappa shape index (κ1) is 14.2. The molecule has 1 atom stereocenters. The van der Waals surface area contributed by atoms with Crippen molar-refractivity contribution in [2.24, 2.45) is 5.73 Å². The summed E-state index contributed by atoms with van der Waals surface area (Å²) in [7, 11) is 0. The van der Waals surface area contributed by atoms with Crippen LogP contribution in [0.2, 0.25) is 0 Å². The summed E-state index contributed by atoms with van der Waals surface area (Å²) in [4.78, 5) is 14.7. The monoisotopic (exact) mass is 438 g/mol. The van der Waals surface area contributed by atoms with Crippen LogP contribution in [-0.2, 0) is 0 Å². The number of carbonyl (C=O) groups is 1. The second-order valence-electron chi connectivity index (χ2n) is 4.18. The van der Waals surface area contributed by atoms with Gasteiger partial charge in [-0.2, -0.15) is 0 Å². The zero-order valence-corrected chi connectivity index (χ0v) is 14.1. The lowest BCUT2D eigenvalue weighted by Gasteiger charge is -2.24. The van der Waals surface area contributed by atoms with Crippen LogP contribution in [0.15, 0.2) is 22.7 Å². The quantitative estimate of drug-likeness (QED) is 0.570. The maximum atomic E-state index is 12.5. The Morgan fingerprint density at radius 1 is 1.56 bits per heavy atom. The molecule has 2 N–H and O–H groups in total. The second-order valence-corrected chi connectivity index (χ2v) is 6.75. The van der Waals surface area contributed by atoms with Gasteiger partial charge < -0.3 is 10.6 Å². The minimum absolute atomic E-state index is 0.00399. The molecule has 2 rings (SSSR count). The van der Waals surface area contributed by atoms with E-state index in [0.717, 1.165) is 27.4 Å². The molecule has 1 saturated heterocycles. The Bertz CT molecular complexity index is 509. The number of amides is 1. The third kappa shape index (κ3) is 2.85. The van der Waals surface area contributed by atoms with Crippen molar-refractivity contribution < 1.29 is 4.79 Å². The number of benzene rings is 1. The van der Waals surface area contributed by atoms with Gasteiger partial charge in [-0.15, -0.1) is 0 Å². The maximum Gasteiger partial charge on any atom is 0.255 e. The molecule has 1 amide bonds. The van der Waals surface area contributed by atoms with E-state index in [2.05, 4.69) is 38.5 Å². The summed E-state index contributed by atoms with van der Waals surface area (Å²) in [5.41, 5.74) is 6.37. The first-order valence-corrected chi connectivity index (χ1v) is 7.84. The van der Waals surface area contributed by atoms with Gasteiger partial charge in [0.05, 0.1) is 16.6 Å². The standard InChI is InChI=1S/C12H12BrIN2OS/c13-9-4-3-7(14)6-8(9)12(17)16-5-1-2-10(16)11(15)18/h3-4,6,10H,1-2,5H2,(H2,15,18). The number of nitrogens with two attached hydrogens (primary N) is 1. The molecule has 0 bridgehead atoms. The van der Waals surface area contributed by atoms with E-state index in [4.69, 9.17) is 18.0 Å². The number of halogens is 2. The molecular weight excluding hydrogens is 427 g/mol. The van der Waals surface area contributed by atoms with E-state index in [0.29, 0.717) is 10.6 Å². The Balaban J connectivity index is 2.31. The van der Waals surface area contributed by atoms with Crippen LogP contribution in [0.4, 0.5) is 0 Å². The molecular formula is C12H12BrIN2OS. The molecule has 0 aliphatic carbocycles. The number of carbonyl (C=O) groups excluding carboxylic acids is 1. The number of rotatable bonds is 2. The van der Waals surface area contributed by atoms with Gasteiger partial charge in [0.1, 0.15) is 0 Å². The van der Waals surface area contributed by atoms with Gasteiger partial charge in [-0.05, 0) is 69.6 Å². The third-order valence-corrected chi connectivity index (χ3v) is 4.64.